The van der Waals surface area contributed by atoms with Crippen molar-refractivity contribution < 1.29 is 4.74 Å². The van der Waals surface area contributed by atoms with Crippen LogP contribution in [0, 0.1) is 0 Å². The van der Waals surface area contributed by atoms with Crippen molar-refractivity contribution in [2.75, 3.05) is 32.8 Å². The van der Waals surface area contributed by atoms with Crippen LogP contribution in [0.3, 0.4) is 0 Å². The second-order valence-electron chi connectivity index (χ2n) is 6.07. The number of allylic oxidation sites excluding steroid dienone is 1. The van der Waals surface area contributed by atoms with Crippen LogP contribution in [0.25, 0.3) is 0 Å². The normalized spacial score (nSPS) is 27.5. The van der Waals surface area contributed by atoms with E-state index in [2.05, 4.69) is 30.1 Å². The van der Waals surface area contributed by atoms with Gasteiger partial charge >= 0.3 is 0 Å². The van der Waals surface area contributed by atoms with E-state index >= 15 is 0 Å². The van der Waals surface area contributed by atoms with Crippen LogP contribution < -0.4 is 5.32 Å². The first kappa shape index (κ1) is 16.0. The zero-order chi connectivity index (χ0) is 14.2. The summed E-state index contributed by atoms with van der Waals surface area (Å²) in [5.41, 5.74) is 1.61. The van der Waals surface area contributed by atoms with E-state index in [9.17, 15) is 0 Å². The summed E-state index contributed by atoms with van der Waals surface area (Å²) < 4.78 is 6.11. The second kappa shape index (κ2) is 8.81. The molecule has 2 atom stereocenters. The number of nitrogens with zero attached hydrogens (tertiary/aromatic N) is 1. The largest absolute Gasteiger partial charge is 0.374 e. The van der Waals surface area contributed by atoms with Gasteiger partial charge < -0.3 is 10.1 Å². The molecular weight excluding hydrogens is 248 g/mol. The summed E-state index contributed by atoms with van der Waals surface area (Å²) in [6, 6.07) is 0.424. The number of rotatable bonds is 5. The zero-order valence-electron chi connectivity index (χ0n) is 13.4. The van der Waals surface area contributed by atoms with Gasteiger partial charge in [-0.05, 0) is 38.8 Å². The SMILES string of the molecule is CCNC(C1=CCCCCCC1)C1CN(CC)CCO1. The summed E-state index contributed by atoms with van der Waals surface area (Å²) in [4.78, 5) is 2.52. The highest BCUT2D eigenvalue weighted by atomic mass is 16.5. The molecule has 0 aromatic rings. The molecular formula is C17H32N2O. The number of morpholine rings is 1. The molecule has 1 aliphatic carbocycles. The zero-order valence-corrected chi connectivity index (χ0v) is 13.4. The topological polar surface area (TPSA) is 24.5 Å². The van der Waals surface area contributed by atoms with Crippen LogP contribution >= 0.6 is 0 Å². The van der Waals surface area contributed by atoms with Gasteiger partial charge in [-0.3, -0.25) is 4.90 Å². The fraction of sp³-hybridized carbons (Fsp3) is 0.882. The van der Waals surface area contributed by atoms with Crippen molar-refractivity contribution in [2.24, 2.45) is 0 Å². The van der Waals surface area contributed by atoms with E-state index in [0.717, 1.165) is 32.8 Å². The fourth-order valence-corrected chi connectivity index (χ4v) is 3.44. The van der Waals surface area contributed by atoms with E-state index in [-0.39, 0.29) is 0 Å². The van der Waals surface area contributed by atoms with Gasteiger partial charge in [-0.2, -0.15) is 0 Å². The van der Waals surface area contributed by atoms with Crippen LogP contribution in [-0.2, 0) is 4.74 Å². The number of likely N-dealkylation sites (N-methyl/N-ethyl adjacent to an activating group) is 2. The molecule has 0 bridgehead atoms. The Hall–Kier alpha value is -0.380. The van der Waals surface area contributed by atoms with Crippen LogP contribution in [0.15, 0.2) is 11.6 Å². The highest BCUT2D eigenvalue weighted by molar-refractivity contribution is 5.15. The molecule has 0 aromatic heterocycles. The van der Waals surface area contributed by atoms with Gasteiger partial charge in [-0.1, -0.05) is 38.3 Å². The molecule has 2 rings (SSSR count). The van der Waals surface area contributed by atoms with Crippen molar-refractivity contribution in [1.29, 1.82) is 0 Å². The van der Waals surface area contributed by atoms with Gasteiger partial charge in [0.05, 0.1) is 18.8 Å². The molecule has 3 nitrogen and oxygen atoms in total. The van der Waals surface area contributed by atoms with Crippen molar-refractivity contribution in [3.8, 4) is 0 Å². The van der Waals surface area contributed by atoms with Crippen LogP contribution in [0.1, 0.15) is 52.4 Å². The standard InChI is InChI=1S/C17H32N2O/c1-3-18-17(15-10-8-6-5-7-9-11-15)16-14-19(4-2)12-13-20-16/h10,16-18H,3-9,11-14H2,1-2H3. The van der Waals surface area contributed by atoms with E-state index in [1.54, 1.807) is 5.57 Å². The van der Waals surface area contributed by atoms with Crippen LogP contribution in [0.4, 0.5) is 0 Å². The van der Waals surface area contributed by atoms with E-state index in [0.29, 0.717) is 12.1 Å². The Morgan fingerprint density at radius 3 is 2.95 bits per heavy atom. The lowest BCUT2D eigenvalue weighted by atomic mass is 9.91. The molecule has 1 N–H and O–H groups in total. The van der Waals surface area contributed by atoms with Gasteiger partial charge in [-0.25, -0.2) is 0 Å². The molecule has 0 saturated carbocycles. The lowest BCUT2D eigenvalue weighted by molar-refractivity contribution is -0.0391. The molecule has 20 heavy (non-hydrogen) atoms. The first-order chi connectivity index (χ1) is 9.85. The highest BCUT2D eigenvalue weighted by Crippen LogP contribution is 2.23. The van der Waals surface area contributed by atoms with E-state index in [1.807, 2.05) is 0 Å². The van der Waals surface area contributed by atoms with Gasteiger partial charge in [-0.15, -0.1) is 0 Å². The number of hydrogen-bond donors (Lipinski definition) is 1. The lowest BCUT2D eigenvalue weighted by Gasteiger charge is -2.38. The van der Waals surface area contributed by atoms with Crippen molar-refractivity contribution in [3.63, 3.8) is 0 Å². The van der Waals surface area contributed by atoms with Gasteiger partial charge in [0.1, 0.15) is 0 Å². The maximum atomic E-state index is 6.11. The first-order valence-corrected chi connectivity index (χ1v) is 8.61. The second-order valence-corrected chi connectivity index (χ2v) is 6.07. The summed E-state index contributed by atoms with van der Waals surface area (Å²) in [5.74, 6) is 0. The Labute approximate surface area is 124 Å². The van der Waals surface area contributed by atoms with Gasteiger partial charge in [0.25, 0.3) is 0 Å². The minimum absolute atomic E-state index is 0.328. The number of nitrogens with one attached hydrogen (secondary N) is 1. The Balaban J connectivity index is 2.04. The van der Waals surface area contributed by atoms with E-state index in [4.69, 9.17) is 4.74 Å². The molecule has 2 aliphatic rings. The maximum absolute atomic E-state index is 6.11. The Morgan fingerprint density at radius 1 is 1.30 bits per heavy atom. The summed E-state index contributed by atoms with van der Waals surface area (Å²) in [7, 11) is 0. The summed E-state index contributed by atoms with van der Waals surface area (Å²) >= 11 is 0. The minimum Gasteiger partial charge on any atom is -0.374 e. The Morgan fingerprint density at radius 2 is 2.15 bits per heavy atom. The van der Waals surface area contributed by atoms with Crippen molar-refractivity contribution in [1.82, 2.24) is 10.2 Å². The van der Waals surface area contributed by atoms with Crippen LogP contribution in [0.2, 0.25) is 0 Å². The number of ether oxygens (including phenoxy) is 1. The molecule has 3 heteroatoms. The quantitative estimate of drug-likeness (QED) is 0.784. The molecule has 0 radical (unpaired) electrons. The molecule has 1 fully saturated rings. The fourth-order valence-electron chi connectivity index (χ4n) is 3.44. The van der Waals surface area contributed by atoms with Crippen LogP contribution in [0.5, 0.6) is 0 Å². The summed E-state index contributed by atoms with van der Waals surface area (Å²) in [5, 5.41) is 3.69. The molecule has 1 heterocycles. The predicted molar refractivity (Wildman–Crippen MR) is 85.1 cm³/mol. The molecule has 1 aliphatic heterocycles. The summed E-state index contributed by atoms with van der Waals surface area (Å²) in [6.45, 7) is 9.66. The predicted octanol–water partition coefficient (Wildman–Crippen LogP) is 2.97. The average molecular weight is 280 g/mol. The monoisotopic (exact) mass is 280 g/mol. The smallest absolute Gasteiger partial charge is 0.0893 e. The van der Waals surface area contributed by atoms with Gasteiger partial charge in [0, 0.05) is 13.1 Å². The van der Waals surface area contributed by atoms with Crippen molar-refractivity contribution in [2.45, 2.75) is 64.5 Å². The van der Waals surface area contributed by atoms with E-state index in [1.165, 1.54) is 38.5 Å². The first-order valence-electron chi connectivity index (χ1n) is 8.61. The third-order valence-corrected chi connectivity index (χ3v) is 4.65. The maximum Gasteiger partial charge on any atom is 0.0893 e. The molecule has 0 amide bonds. The average Bonchev–Trinajstić information content (AvgIpc) is 2.45. The van der Waals surface area contributed by atoms with Crippen LogP contribution in [-0.4, -0.2) is 49.8 Å². The van der Waals surface area contributed by atoms with E-state index < -0.39 is 0 Å². The molecule has 0 spiro atoms. The number of hydrogen-bond acceptors (Lipinski definition) is 3. The minimum atomic E-state index is 0.328. The third kappa shape index (κ3) is 4.57. The van der Waals surface area contributed by atoms with Gasteiger partial charge in [0.15, 0.2) is 0 Å². The lowest BCUT2D eigenvalue weighted by Crippen LogP contribution is -2.53. The Bertz CT molecular complexity index is 303. The van der Waals surface area contributed by atoms with Gasteiger partial charge in [0.2, 0.25) is 0 Å². The molecule has 1 saturated heterocycles. The molecule has 2 unspecified atom stereocenters. The van der Waals surface area contributed by atoms with Crippen molar-refractivity contribution in [3.05, 3.63) is 11.6 Å². The van der Waals surface area contributed by atoms with Crippen molar-refractivity contribution >= 4 is 0 Å². The Kier molecular flexibility index (Phi) is 7.05. The molecule has 116 valence electrons. The highest BCUT2D eigenvalue weighted by Gasteiger charge is 2.29. The molecule has 0 aromatic carbocycles. The summed E-state index contributed by atoms with van der Waals surface area (Å²) in [6.07, 6.45) is 10.8. The third-order valence-electron chi connectivity index (χ3n) is 4.65.